The number of rotatable bonds is 4. The summed E-state index contributed by atoms with van der Waals surface area (Å²) in [5.41, 5.74) is 8.43. The van der Waals surface area contributed by atoms with Crippen LogP contribution in [0.3, 0.4) is 0 Å². The first kappa shape index (κ1) is 11.6. The third-order valence-electron chi connectivity index (χ3n) is 2.19. The van der Waals surface area contributed by atoms with Crippen molar-refractivity contribution >= 4 is 5.91 Å². The average Bonchev–Trinajstić information content (AvgIpc) is 2.18. The van der Waals surface area contributed by atoms with Crippen LogP contribution in [0.1, 0.15) is 5.56 Å². The van der Waals surface area contributed by atoms with Crippen molar-refractivity contribution in [3.05, 3.63) is 35.9 Å². The van der Waals surface area contributed by atoms with Crippen molar-refractivity contribution in [2.24, 2.45) is 11.5 Å². The Labute approximate surface area is 86.1 Å². The minimum Gasteiger partial charge on any atom is -0.368 e. The van der Waals surface area contributed by atoms with E-state index in [1.807, 2.05) is 0 Å². The van der Waals surface area contributed by atoms with Gasteiger partial charge in [0.05, 0.1) is 0 Å². The fourth-order valence-corrected chi connectivity index (χ4v) is 1.21. The van der Waals surface area contributed by atoms with E-state index in [0.29, 0.717) is 5.56 Å². The topological polar surface area (TPSA) is 69.1 Å². The number of alkyl halides is 2. The van der Waals surface area contributed by atoms with Gasteiger partial charge in [-0.1, -0.05) is 30.3 Å². The summed E-state index contributed by atoms with van der Waals surface area (Å²) < 4.78 is 25.2. The van der Waals surface area contributed by atoms with E-state index in [1.165, 1.54) is 0 Å². The Morgan fingerprint density at radius 2 is 1.87 bits per heavy atom. The highest BCUT2D eigenvalue weighted by atomic mass is 19.3. The third-order valence-corrected chi connectivity index (χ3v) is 2.19. The van der Waals surface area contributed by atoms with Gasteiger partial charge in [-0.05, 0) is 5.56 Å². The molecular weight excluding hydrogens is 202 g/mol. The quantitative estimate of drug-likeness (QED) is 0.773. The van der Waals surface area contributed by atoms with Gasteiger partial charge in [0, 0.05) is 6.42 Å². The first-order valence-corrected chi connectivity index (χ1v) is 4.37. The molecule has 3 nitrogen and oxygen atoms in total. The number of amides is 1. The van der Waals surface area contributed by atoms with E-state index >= 15 is 0 Å². The van der Waals surface area contributed by atoms with Crippen LogP contribution < -0.4 is 11.5 Å². The molecule has 0 spiro atoms. The molecule has 0 fully saturated rings. The standard InChI is InChI=1S/C10H12F2N2O/c11-8(12)10(14,9(13)15)6-7-4-2-1-3-5-7/h1-5,8H,6,14H2,(H2,13,15)/t10-/m1/s1. The minimum atomic E-state index is -2.98. The predicted molar refractivity (Wildman–Crippen MR) is 52.3 cm³/mol. The van der Waals surface area contributed by atoms with Crippen molar-refractivity contribution in [3.8, 4) is 0 Å². The number of hydrogen-bond acceptors (Lipinski definition) is 2. The summed E-state index contributed by atoms with van der Waals surface area (Å²) in [5.74, 6) is -1.19. The number of halogens is 2. The lowest BCUT2D eigenvalue weighted by Crippen LogP contribution is -2.59. The van der Waals surface area contributed by atoms with Gasteiger partial charge in [-0.25, -0.2) is 8.78 Å². The Bertz CT molecular complexity index is 343. The van der Waals surface area contributed by atoms with Gasteiger partial charge < -0.3 is 11.5 Å². The molecule has 0 aromatic heterocycles. The lowest BCUT2D eigenvalue weighted by atomic mass is 9.91. The van der Waals surface area contributed by atoms with Crippen LogP contribution in [0, 0.1) is 0 Å². The fourth-order valence-electron chi connectivity index (χ4n) is 1.21. The van der Waals surface area contributed by atoms with Gasteiger partial charge in [-0.15, -0.1) is 0 Å². The van der Waals surface area contributed by atoms with Crippen molar-refractivity contribution in [1.82, 2.24) is 0 Å². The number of benzene rings is 1. The lowest BCUT2D eigenvalue weighted by Gasteiger charge is -2.24. The van der Waals surface area contributed by atoms with Gasteiger partial charge in [0.15, 0.2) is 5.54 Å². The average molecular weight is 214 g/mol. The van der Waals surface area contributed by atoms with Gasteiger partial charge in [0.1, 0.15) is 0 Å². The van der Waals surface area contributed by atoms with Crippen LogP contribution in [0.25, 0.3) is 0 Å². The van der Waals surface area contributed by atoms with Crippen molar-refractivity contribution in [2.75, 3.05) is 0 Å². The maximum Gasteiger partial charge on any atom is 0.265 e. The molecule has 15 heavy (non-hydrogen) atoms. The van der Waals surface area contributed by atoms with E-state index < -0.39 is 17.9 Å². The second-order valence-corrected chi connectivity index (χ2v) is 3.37. The molecule has 5 heteroatoms. The van der Waals surface area contributed by atoms with Gasteiger partial charge in [0.2, 0.25) is 5.91 Å². The highest BCUT2D eigenvalue weighted by Crippen LogP contribution is 2.18. The molecule has 82 valence electrons. The Morgan fingerprint density at radius 3 is 2.27 bits per heavy atom. The molecule has 0 aliphatic carbocycles. The first-order valence-electron chi connectivity index (χ1n) is 4.37. The minimum absolute atomic E-state index is 0.263. The van der Waals surface area contributed by atoms with E-state index in [-0.39, 0.29) is 6.42 Å². The summed E-state index contributed by atoms with van der Waals surface area (Å²) in [5, 5.41) is 0. The van der Waals surface area contributed by atoms with Gasteiger partial charge >= 0.3 is 0 Å². The zero-order valence-corrected chi connectivity index (χ0v) is 7.99. The van der Waals surface area contributed by atoms with Crippen LogP contribution in [-0.4, -0.2) is 17.9 Å². The van der Waals surface area contributed by atoms with Crippen LogP contribution >= 0.6 is 0 Å². The monoisotopic (exact) mass is 214 g/mol. The van der Waals surface area contributed by atoms with Gasteiger partial charge in [-0.2, -0.15) is 0 Å². The molecule has 0 unspecified atom stereocenters. The molecule has 0 saturated carbocycles. The molecule has 0 aliphatic heterocycles. The van der Waals surface area contributed by atoms with Crippen molar-refractivity contribution < 1.29 is 13.6 Å². The number of carbonyl (C=O) groups excluding carboxylic acids is 1. The van der Waals surface area contributed by atoms with Crippen LogP contribution in [0.15, 0.2) is 30.3 Å². The van der Waals surface area contributed by atoms with E-state index in [9.17, 15) is 13.6 Å². The van der Waals surface area contributed by atoms with Crippen LogP contribution in [-0.2, 0) is 11.2 Å². The SMILES string of the molecule is NC(=O)[C@@](N)(Cc1ccccc1)C(F)F. The van der Waals surface area contributed by atoms with E-state index in [0.717, 1.165) is 0 Å². The molecule has 0 aliphatic rings. The van der Waals surface area contributed by atoms with E-state index in [4.69, 9.17) is 11.5 Å². The molecule has 1 amide bonds. The summed E-state index contributed by atoms with van der Waals surface area (Å²) >= 11 is 0. The molecule has 0 bridgehead atoms. The molecular formula is C10H12F2N2O. The number of hydrogen-bond donors (Lipinski definition) is 2. The molecule has 4 N–H and O–H groups in total. The van der Waals surface area contributed by atoms with Gasteiger partial charge in [0.25, 0.3) is 6.43 Å². The Balaban J connectivity index is 2.90. The Hall–Kier alpha value is -1.49. The largest absolute Gasteiger partial charge is 0.368 e. The third kappa shape index (κ3) is 2.50. The highest BCUT2D eigenvalue weighted by molar-refractivity contribution is 5.85. The maximum absolute atomic E-state index is 12.6. The molecule has 1 rings (SSSR count). The fraction of sp³-hybridized carbons (Fsp3) is 0.300. The Morgan fingerprint density at radius 1 is 1.33 bits per heavy atom. The van der Waals surface area contributed by atoms with E-state index in [2.05, 4.69) is 0 Å². The molecule has 1 aromatic carbocycles. The Kier molecular flexibility index (Phi) is 3.36. The normalized spacial score (nSPS) is 14.9. The molecule has 0 saturated heterocycles. The van der Waals surface area contributed by atoms with Crippen molar-refractivity contribution in [2.45, 2.75) is 18.4 Å². The molecule has 1 aromatic rings. The number of nitrogens with two attached hydrogens (primary N) is 2. The summed E-state index contributed by atoms with van der Waals surface area (Å²) in [6.45, 7) is 0. The first-order chi connectivity index (χ1) is 6.97. The number of carbonyl (C=O) groups is 1. The van der Waals surface area contributed by atoms with Crippen molar-refractivity contribution in [1.29, 1.82) is 0 Å². The maximum atomic E-state index is 12.6. The second-order valence-electron chi connectivity index (χ2n) is 3.37. The molecule has 1 atom stereocenters. The summed E-state index contributed by atoms with van der Waals surface area (Å²) in [6, 6.07) is 8.35. The van der Waals surface area contributed by atoms with Gasteiger partial charge in [-0.3, -0.25) is 4.79 Å². The smallest absolute Gasteiger partial charge is 0.265 e. The molecule has 0 radical (unpaired) electrons. The van der Waals surface area contributed by atoms with Crippen LogP contribution in [0.5, 0.6) is 0 Å². The predicted octanol–water partition coefficient (Wildman–Crippen LogP) is 0.677. The van der Waals surface area contributed by atoms with E-state index in [1.54, 1.807) is 30.3 Å². The zero-order chi connectivity index (χ0) is 11.5. The van der Waals surface area contributed by atoms with Crippen molar-refractivity contribution in [3.63, 3.8) is 0 Å². The van der Waals surface area contributed by atoms with Crippen LogP contribution in [0.4, 0.5) is 8.78 Å². The second kappa shape index (κ2) is 4.35. The summed E-state index contributed by atoms with van der Waals surface area (Å²) in [7, 11) is 0. The molecule has 0 heterocycles. The van der Waals surface area contributed by atoms with Crippen LogP contribution in [0.2, 0.25) is 0 Å². The zero-order valence-electron chi connectivity index (χ0n) is 7.99. The lowest BCUT2D eigenvalue weighted by molar-refractivity contribution is -0.128. The summed E-state index contributed by atoms with van der Waals surface area (Å²) in [6.07, 6.45) is -3.24. The highest BCUT2D eigenvalue weighted by Gasteiger charge is 2.41. The number of primary amides is 1. The summed E-state index contributed by atoms with van der Waals surface area (Å²) in [4.78, 5) is 10.9.